The molecule has 1 heterocycles. The molecule has 0 aliphatic heterocycles. The molecule has 0 aliphatic carbocycles. The Morgan fingerprint density at radius 2 is 2.20 bits per heavy atom. The minimum atomic E-state index is -0.210. The Hall–Kier alpha value is -2.10. The molecule has 1 aromatic carbocycles. The van der Waals surface area contributed by atoms with Crippen LogP contribution in [-0.2, 0) is 4.79 Å². The summed E-state index contributed by atoms with van der Waals surface area (Å²) in [4.78, 5) is 15.5. The van der Waals surface area contributed by atoms with E-state index in [4.69, 9.17) is 0 Å². The van der Waals surface area contributed by atoms with Gasteiger partial charge in [-0.3, -0.25) is 10.2 Å². The number of hydrogen-bond acceptors (Lipinski definition) is 2. The molecule has 4 heteroatoms. The first-order valence-electron chi connectivity index (χ1n) is 4.57. The van der Waals surface area contributed by atoms with Gasteiger partial charge in [0, 0.05) is 5.57 Å². The lowest BCUT2D eigenvalue weighted by atomic mass is 10.3. The van der Waals surface area contributed by atoms with Crippen molar-refractivity contribution >= 4 is 16.9 Å². The third-order valence-corrected chi connectivity index (χ3v) is 2.06. The number of carbonyl (C=O) groups excluding carboxylic acids is 1. The number of nitrogens with one attached hydrogen (secondary N) is 1. The van der Waals surface area contributed by atoms with Gasteiger partial charge in [-0.1, -0.05) is 18.7 Å². The van der Waals surface area contributed by atoms with E-state index in [1.807, 2.05) is 24.3 Å². The number of carbonyl (C=O) groups is 1. The van der Waals surface area contributed by atoms with E-state index < -0.39 is 0 Å². The monoisotopic (exact) mass is 201 g/mol. The highest BCUT2D eigenvalue weighted by molar-refractivity contribution is 5.99. The van der Waals surface area contributed by atoms with Gasteiger partial charge in [-0.2, -0.15) is 0 Å². The molecule has 2 aromatic rings. The molecule has 1 amide bonds. The Bertz CT molecular complexity index is 527. The standard InChI is InChI=1S/C11H11N3O/c1-8(2)11(15)13-14-7-12-9-5-3-4-6-10(9)14/h3-7H,1H2,2H3,(H,13,15). The van der Waals surface area contributed by atoms with Crippen molar-refractivity contribution in [3.8, 4) is 0 Å². The van der Waals surface area contributed by atoms with Crippen LogP contribution < -0.4 is 5.43 Å². The van der Waals surface area contributed by atoms with E-state index in [9.17, 15) is 4.79 Å². The van der Waals surface area contributed by atoms with Gasteiger partial charge in [0.05, 0.1) is 11.0 Å². The molecule has 0 saturated carbocycles. The van der Waals surface area contributed by atoms with E-state index >= 15 is 0 Å². The zero-order valence-electron chi connectivity index (χ0n) is 8.40. The summed E-state index contributed by atoms with van der Waals surface area (Å²) in [7, 11) is 0. The molecule has 0 aliphatic rings. The summed E-state index contributed by atoms with van der Waals surface area (Å²) in [6.45, 7) is 5.23. The summed E-state index contributed by atoms with van der Waals surface area (Å²) in [5, 5.41) is 0. The van der Waals surface area contributed by atoms with Crippen molar-refractivity contribution < 1.29 is 4.79 Å². The van der Waals surface area contributed by atoms with Crippen molar-refractivity contribution in [3.05, 3.63) is 42.7 Å². The quantitative estimate of drug-likeness (QED) is 0.751. The molecule has 0 fully saturated rings. The van der Waals surface area contributed by atoms with Crippen LogP contribution in [0, 0.1) is 0 Å². The number of rotatable bonds is 2. The molecular weight excluding hydrogens is 190 g/mol. The van der Waals surface area contributed by atoms with Gasteiger partial charge in [0.15, 0.2) is 0 Å². The summed E-state index contributed by atoms with van der Waals surface area (Å²) in [5.74, 6) is -0.210. The number of aromatic nitrogens is 2. The van der Waals surface area contributed by atoms with E-state index in [1.165, 1.54) is 0 Å². The fourth-order valence-corrected chi connectivity index (χ4v) is 1.25. The Morgan fingerprint density at radius 1 is 1.47 bits per heavy atom. The lowest BCUT2D eigenvalue weighted by Gasteiger charge is -2.05. The normalized spacial score (nSPS) is 10.2. The molecule has 2 rings (SSSR count). The van der Waals surface area contributed by atoms with E-state index in [2.05, 4.69) is 17.0 Å². The van der Waals surface area contributed by atoms with Crippen LogP contribution in [0.5, 0.6) is 0 Å². The van der Waals surface area contributed by atoms with Crippen LogP contribution in [0.2, 0.25) is 0 Å². The molecule has 15 heavy (non-hydrogen) atoms. The van der Waals surface area contributed by atoms with Crippen LogP contribution in [0.1, 0.15) is 6.92 Å². The minimum absolute atomic E-state index is 0.210. The number of fused-ring (bicyclic) bond motifs is 1. The molecule has 0 atom stereocenters. The zero-order chi connectivity index (χ0) is 10.8. The highest BCUT2D eigenvalue weighted by Gasteiger charge is 2.05. The van der Waals surface area contributed by atoms with Crippen LogP contribution in [0.4, 0.5) is 0 Å². The molecular formula is C11H11N3O. The van der Waals surface area contributed by atoms with Gasteiger partial charge in [0.25, 0.3) is 5.91 Å². The number of para-hydroxylation sites is 2. The number of amides is 1. The van der Waals surface area contributed by atoms with Crippen LogP contribution in [0.15, 0.2) is 42.7 Å². The van der Waals surface area contributed by atoms with E-state index in [1.54, 1.807) is 17.9 Å². The lowest BCUT2D eigenvalue weighted by molar-refractivity contribution is -0.113. The van der Waals surface area contributed by atoms with Crippen LogP contribution in [-0.4, -0.2) is 15.6 Å². The zero-order valence-corrected chi connectivity index (χ0v) is 8.40. The highest BCUT2D eigenvalue weighted by atomic mass is 16.2. The van der Waals surface area contributed by atoms with E-state index in [0.717, 1.165) is 11.0 Å². The van der Waals surface area contributed by atoms with Crippen molar-refractivity contribution in [2.24, 2.45) is 0 Å². The van der Waals surface area contributed by atoms with Crippen molar-refractivity contribution in [2.75, 3.05) is 5.43 Å². The lowest BCUT2D eigenvalue weighted by Crippen LogP contribution is -2.22. The second-order valence-corrected chi connectivity index (χ2v) is 3.32. The van der Waals surface area contributed by atoms with Crippen molar-refractivity contribution in [2.45, 2.75) is 6.92 Å². The van der Waals surface area contributed by atoms with Gasteiger partial charge in [-0.15, -0.1) is 0 Å². The van der Waals surface area contributed by atoms with Gasteiger partial charge in [0.1, 0.15) is 6.33 Å². The topological polar surface area (TPSA) is 46.9 Å². The fourth-order valence-electron chi connectivity index (χ4n) is 1.25. The highest BCUT2D eigenvalue weighted by Crippen LogP contribution is 2.10. The first kappa shape index (κ1) is 9.45. The summed E-state index contributed by atoms with van der Waals surface area (Å²) in [5.41, 5.74) is 4.86. The maximum atomic E-state index is 11.4. The third-order valence-electron chi connectivity index (χ3n) is 2.06. The van der Waals surface area contributed by atoms with E-state index in [-0.39, 0.29) is 5.91 Å². The van der Waals surface area contributed by atoms with Crippen molar-refractivity contribution in [1.82, 2.24) is 9.66 Å². The van der Waals surface area contributed by atoms with Crippen molar-refractivity contribution in [1.29, 1.82) is 0 Å². The molecule has 1 aromatic heterocycles. The first-order chi connectivity index (χ1) is 7.18. The van der Waals surface area contributed by atoms with Crippen LogP contribution in [0.25, 0.3) is 11.0 Å². The number of benzene rings is 1. The Morgan fingerprint density at radius 3 is 2.93 bits per heavy atom. The van der Waals surface area contributed by atoms with Gasteiger partial charge in [0.2, 0.25) is 0 Å². The summed E-state index contributed by atoms with van der Waals surface area (Å²) >= 11 is 0. The maximum Gasteiger partial charge on any atom is 0.265 e. The molecule has 0 saturated heterocycles. The molecule has 76 valence electrons. The minimum Gasteiger partial charge on any atom is -0.268 e. The largest absolute Gasteiger partial charge is 0.268 e. The molecule has 0 bridgehead atoms. The predicted molar refractivity (Wildman–Crippen MR) is 58.9 cm³/mol. The van der Waals surface area contributed by atoms with Gasteiger partial charge >= 0.3 is 0 Å². The predicted octanol–water partition coefficient (Wildman–Crippen LogP) is 1.68. The molecule has 0 unspecified atom stereocenters. The first-order valence-corrected chi connectivity index (χ1v) is 4.57. The Labute approximate surface area is 87.2 Å². The number of hydrogen-bond donors (Lipinski definition) is 1. The summed E-state index contributed by atoms with van der Waals surface area (Å²) in [6, 6.07) is 7.58. The summed E-state index contributed by atoms with van der Waals surface area (Å²) in [6.07, 6.45) is 1.57. The number of nitrogens with zero attached hydrogens (tertiary/aromatic N) is 2. The molecule has 1 N–H and O–H groups in total. The average Bonchev–Trinajstić information content (AvgIpc) is 2.62. The Balaban J connectivity index is 2.37. The smallest absolute Gasteiger partial charge is 0.265 e. The fraction of sp³-hybridized carbons (Fsp3) is 0.0909. The van der Waals surface area contributed by atoms with Crippen LogP contribution in [0.3, 0.4) is 0 Å². The molecule has 4 nitrogen and oxygen atoms in total. The van der Waals surface area contributed by atoms with Gasteiger partial charge in [-0.05, 0) is 19.1 Å². The second kappa shape index (κ2) is 3.57. The summed E-state index contributed by atoms with van der Waals surface area (Å²) < 4.78 is 1.59. The molecule has 0 spiro atoms. The van der Waals surface area contributed by atoms with E-state index in [0.29, 0.717) is 5.57 Å². The third kappa shape index (κ3) is 1.74. The Kier molecular flexibility index (Phi) is 2.25. The SMILES string of the molecule is C=C(C)C(=O)Nn1cnc2ccccc21. The number of imidazole rings is 1. The van der Waals surface area contributed by atoms with Gasteiger partial charge in [-0.25, -0.2) is 9.66 Å². The van der Waals surface area contributed by atoms with Gasteiger partial charge < -0.3 is 0 Å². The molecule has 0 radical (unpaired) electrons. The second-order valence-electron chi connectivity index (χ2n) is 3.32. The maximum absolute atomic E-state index is 11.4. The average molecular weight is 201 g/mol. The van der Waals surface area contributed by atoms with Crippen LogP contribution >= 0.6 is 0 Å². The van der Waals surface area contributed by atoms with Crippen molar-refractivity contribution in [3.63, 3.8) is 0 Å².